The summed E-state index contributed by atoms with van der Waals surface area (Å²) in [6.07, 6.45) is 1.60. The Morgan fingerprint density at radius 2 is 1.97 bits per heavy atom. The van der Waals surface area contributed by atoms with E-state index in [4.69, 9.17) is 32.7 Å². The molecule has 166 valence electrons. The molecule has 4 rings (SSSR count). The minimum atomic E-state index is -0.383. The van der Waals surface area contributed by atoms with E-state index in [1.807, 2.05) is 6.92 Å². The Hall–Kier alpha value is -3.30. The second-order valence-electron chi connectivity index (χ2n) is 6.93. The summed E-state index contributed by atoms with van der Waals surface area (Å²) in [5, 5.41) is 10.4. The quantitative estimate of drug-likeness (QED) is 0.535. The third kappa shape index (κ3) is 4.95. The first kappa shape index (κ1) is 21.9. The number of rotatable bonds is 7. The van der Waals surface area contributed by atoms with Crippen molar-refractivity contribution in [2.24, 2.45) is 0 Å². The van der Waals surface area contributed by atoms with Crippen molar-refractivity contribution in [3.8, 4) is 11.5 Å². The van der Waals surface area contributed by atoms with Gasteiger partial charge in [-0.1, -0.05) is 29.3 Å². The number of fused-ring (bicyclic) bond motifs is 1. The van der Waals surface area contributed by atoms with Crippen molar-refractivity contribution >= 4 is 46.7 Å². The highest BCUT2D eigenvalue weighted by atomic mass is 35.5. The summed E-state index contributed by atoms with van der Waals surface area (Å²) in [4.78, 5) is 28.4. The Labute approximate surface area is 193 Å². The van der Waals surface area contributed by atoms with Gasteiger partial charge in [0.15, 0.2) is 18.1 Å². The van der Waals surface area contributed by atoms with Crippen LogP contribution >= 0.6 is 23.2 Å². The monoisotopic (exact) mass is 475 g/mol. The molecule has 32 heavy (non-hydrogen) atoms. The first-order chi connectivity index (χ1) is 15.4. The topological polar surface area (TPSA) is 107 Å². The first-order valence-electron chi connectivity index (χ1n) is 9.77. The number of nitrogens with one attached hydrogen (secondary N) is 2. The lowest BCUT2D eigenvalue weighted by molar-refractivity contribution is -0.118. The first-order valence-corrected chi connectivity index (χ1v) is 10.5. The third-order valence-electron chi connectivity index (χ3n) is 4.66. The number of benzene rings is 2. The summed E-state index contributed by atoms with van der Waals surface area (Å²) in [5.74, 6) is 0.713. The molecule has 9 nitrogen and oxygen atoms in total. The number of amides is 2. The number of anilines is 2. The number of hydrogen-bond acceptors (Lipinski definition) is 6. The van der Waals surface area contributed by atoms with Gasteiger partial charge in [-0.2, -0.15) is 10.1 Å². The summed E-state index contributed by atoms with van der Waals surface area (Å²) in [7, 11) is 0. The minimum Gasteiger partial charge on any atom is -0.490 e. The van der Waals surface area contributed by atoms with Crippen LogP contribution in [0.15, 0.2) is 42.7 Å². The van der Waals surface area contributed by atoms with E-state index in [0.29, 0.717) is 39.8 Å². The fourth-order valence-corrected chi connectivity index (χ4v) is 3.88. The zero-order valence-electron chi connectivity index (χ0n) is 17.0. The number of halogens is 2. The normalized spacial score (nSPS) is 15.0. The molecule has 0 fully saturated rings. The van der Waals surface area contributed by atoms with E-state index in [2.05, 4.69) is 20.7 Å². The Morgan fingerprint density at radius 3 is 2.72 bits per heavy atom. The Morgan fingerprint density at radius 1 is 1.19 bits per heavy atom. The molecule has 1 aliphatic heterocycles. The Balaban J connectivity index is 1.49. The molecule has 0 aliphatic carbocycles. The maximum absolute atomic E-state index is 12.3. The molecule has 2 aromatic carbocycles. The van der Waals surface area contributed by atoms with Gasteiger partial charge in [0.05, 0.1) is 19.1 Å². The zero-order chi connectivity index (χ0) is 22.7. The average molecular weight is 476 g/mol. The molecule has 1 aliphatic rings. The molecule has 11 heteroatoms. The zero-order valence-corrected chi connectivity index (χ0v) is 18.5. The molecule has 0 bridgehead atoms. The number of nitrogens with zero attached hydrogens (tertiary/aromatic N) is 3. The van der Waals surface area contributed by atoms with Crippen molar-refractivity contribution < 1.29 is 19.1 Å². The molecule has 2 N–H and O–H groups in total. The summed E-state index contributed by atoms with van der Waals surface area (Å²) >= 11 is 11.9. The highest BCUT2D eigenvalue weighted by molar-refractivity contribution is 6.35. The van der Waals surface area contributed by atoms with Crippen LogP contribution in [0, 0.1) is 0 Å². The van der Waals surface area contributed by atoms with Crippen molar-refractivity contribution in [2.45, 2.75) is 19.4 Å². The lowest BCUT2D eigenvalue weighted by Crippen LogP contribution is -2.29. The van der Waals surface area contributed by atoms with Crippen LogP contribution in [0.2, 0.25) is 10.0 Å². The van der Waals surface area contributed by atoms with Gasteiger partial charge in [-0.25, -0.2) is 4.68 Å². The van der Waals surface area contributed by atoms with E-state index in [9.17, 15) is 9.59 Å². The third-order valence-corrected chi connectivity index (χ3v) is 5.09. The van der Waals surface area contributed by atoms with Crippen LogP contribution in [0.3, 0.4) is 0 Å². The summed E-state index contributed by atoms with van der Waals surface area (Å²) in [6.45, 7) is 1.99. The van der Waals surface area contributed by atoms with Gasteiger partial charge in [-0.05, 0) is 42.8 Å². The van der Waals surface area contributed by atoms with Gasteiger partial charge in [0.2, 0.25) is 11.9 Å². The second-order valence-corrected chi connectivity index (χ2v) is 7.80. The van der Waals surface area contributed by atoms with E-state index < -0.39 is 0 Å². The molecular weight excluding hydrogens is 457 g/mol. The maximum atomic E-state index is 12.3. The molecular formula is C21H19Cl2N5O4. The van der Waals surface area contributed by atoms with Crippen LogP contribution in [0.1, 0.15) is 24.9 Å². The summed E-state index contributed by atoms with van der Waals surface area (Å²) in [6, 6.07) is 9.71. The van der Waals surface area contributed by atoms with Gasteiger partial charge in [-0.3, -0.25) is 14.9 Å². The fourth-order valence-electron chi connectivity index (χ4n) is 3.35. The van der Waals surface area contributed by atoms with E-state index in [-0.39, 0.29) is 30.9 Å². The number of carbonyl (C=O) groups is 2. The van der Waals surface area contributed by atoms with Crippen LogP contribution < -0.4 is 20.1 Å². The lowest BCUT2D eigenvalue weighted by Gasteiger charge is -2.24. The molecule has 0 saturated heterocycles. The smallest absolute Gasteiger partial charge is 0.262 e. The van der Waals surface area contributed by atoms with E-state index in [0.717, 1.165) is 5.56 Å². The molecule has 0 saturated carbocycles. The predicted octanol–water partition coefficient (Wildman–Crippen LogP) is 3.93. The Kier molecular flexibility index (Phi) is 6.48. The fraction of sp³-hybridized carbons (Fsp3) is 0.238. The SMILES string of the molecule is CCOc1cc([C@H]2CC(=O)Nc3ncnn32)ccc1OCC(=O)Nc1cc(Cl)cc(Cl)c1. The van der Waals surface area contributed by atoms with Crippen LogP contribution in [0.4, 0.5) is 11.6 Å². The molecule has 0 unspecified atom stereocenters. The van der Waals surface area contributed by atoms with Crippen molar-refractivity contribution in [1.29, 1.82) is 0 Å². The van der Waals surface area contributed by atoms with E-state index in [1.165, 1.54) is 6.33 Å². The molecule has 2 amide bonds. The summed E-state index contributed by atoms with van der Waals surface area (Å²) < 4.78 is 13.0. The molecule has 0 spiro atoms. The Bertz CT molecular complexity index is 1150. The molecule has 0 radical (unpaired) electrons. The predicted molar refractivity (Wildman–Crippen MR) is 120 cm³/mol. The standard InChI is InChI=1S/C21H19Cl2N5O4/c1-2-31-18-5-12(16-9-19(29)27-21-24-11-25-28(16)21)3-4-17(18)32-10-20(30)26-15-7-13(22)6-14(23)8-15/h3-8,11,16H,2,9-10H2,1H3,(H,26,30)(H,24,25,27,29)/t16-/m1/s1. The van der Waals surface area contributed by atoms with E-state index >= 15 is 0 Å². The van der Waals surface area contributed by atoms with Gasteiger partial charge < -0.3 is 14.8 Å². The largest absolute Gasteiger partial charge is 0.490 e. The second kappa shape index (κ2) is 9.46. The average Bonchev–Trinajstić information content (AvgIpc) is 3.20. The maximum Gasteiger partial charge on any atom is 0.262 e. The molecule has 1 aromatic heterocycles. The van der Waals surface area contributed by atoms with Crippen LogP contribution in [0.5, 0.6) is 11.5 Å². The number of carbonyl (C=O) groups excluding carboxylic acids is 2. The van der Waals surface area contributed by atoms with E-state index in [1.54, 1.807) is 41.1 Å². The molecule has 1 atom stereocenters. The van der Waals surface area contributed by atoms with Gasteiger partial charge in [0.25, 0.3) is 5.91 Å². The van der Waals surface area contributed by atoms with Gasteiger partial charge in [-0.15, -0.1) is 0 Å². The van der Waals surface area contributed by atoms with Crippen molar-refractivity contribution in [3.05, 3.63) is 58.3 Å². The minimum absolute atomic E-state index is 0.147. The molecule has 2 heterocycles. The number of aromatic nitrogens is 3. The highest BCUT2D eigenvalue weighted by Gasteiger charge is 2.28. The number of hydrogen-bond donors (Lipinski definition) is 2. The van der Waals surface area contributed by atoms with Crippen LogP contribution in [-0.2, 0) is 9.59 Å². The van der Waals surface area contributed by atoms with Gasteiger partial charge >= 0.3 is 0 Å². The molecule has 3 aromatic rings. The van der Waals surface area contributed by atoms with Crippen LogP contribution in [-0.4, -0.2) is 39.8 Å². The van der Waals surface area contributed by atoms with Gasteiger partial charge in [0.1, 0.15) is 6.33 Å². The number of ether oxygens (including phenoxy) is 2. The van der Waals surface area contributed by atoms with Crippen LogP contribution in [0.25, 0.3) is 0 Å². The van der Waals surface area contributed by atoms with Gasteiger partial charge in [0, 0.05) is 15.7 Å². The lowest BCUT2D eigenvalue weighted by atomic mass is 10.0. The van der Waals surface area contributed by atoms with Crippen molar-refractivity contribution in [1.82, 2.24) is 14.8 Å². The summed E-state index contributed by atoms with van der Waals surface area (Å²) in [5.41, 5.74) is 1.27. The van der Waals surface area contributed by atoms with Crippen molar-refractivity contribution in [2.75, 3.05) is 23.8 Å². The highest BCUT2D eigenvalue weighted by Crippen LogP contribution is 2.35. The van der Waals surface area contributed by atoms with Crippen molar-refractivity contribution in [3.63, 3.8) is 0 Å².